The van der Waals surface area contributed by atoms with E-state index in [1.807, 2.05) is 18.2 Å². The van der Waals surface area contributed by atoms with Crippen molar-refractivity contribution in [3.05, 3.63) is 47.6 Å². The fraction of sp³-hybridized carbons (Fsp3) is 0.412. The molecule has 1 aromatic carbocycles. The Balaban J connectivity index is 2.02. The predicted molar refractivity (Wildman–Crippen MR) is 79.1 cm³/mol. The molecule has 2 heteroatoms. The molecule has 0 fully saturated rings. The molecule has 0 bridgehead atoms. The van der Waals surface area contributed by atoms with E-state index in [2.05, 4.69) is 25.2 Å². The van der Waals surface area contributed by atoms with Crippen LogP contribution in [-0.2, 0) is 4.74 Å². The molecule has 0 radical (unpaired) electrons. The Morgan fingerprint density at radius 3 is 2.89 bits per heavy atom. The van der Waals surface area contributed by atoms with Gasteiger partial charge in [-0.25, -0.2) is 0 Å². The normalized spacial score (nSPS) is 19.0. The summed E-state index contributed by atoms with van der Waals surface area (Å²) in [5.41, 5.74) is 2.29. The third kappa shape index (κ3) is 4.25. The molecule has 0 aromatic heterocycles. The van der Waals surface area contributed by atoms with E-state index < -0.39 is 0 Å². The SMILES string of the molecule is CCC/C(=C\c1ccccc1O)CC[C@@H]1C=CCO1. The molecule has 0 unspecified atom stereocenters. The second-order valence-corrected chi connectivity index (χ2v) is 4.95. The standard InChI is InChI=1S/C17H22O2/c1-2-6-14(10-11-16-8-5-12-19-16)13-15-7-3-4-9-17(15)18/h3-5,7-9,13,16,18H,2,6,10-12H2,1H3/b14-13+/t16-/m0/s1. The van der Waals surface area contributed by atoms with Crippen molar-refractivity contribution in [2.45, 2.75) is 38.7 Å². The van der Waals surface area contributed by atoms with Gasteiger partial charge in [0, 0.05) is 5.56 Å². The quantitative estimate of drug-likeness (QED) is 0.770. The summed E-state index contributed by atoms with van der Waals surface area (Å²) in [6.45, 7) is 2.93. The van der Waals surface area contributed by atoms with Crippen LogP contribution in [0.2, 0.25) is 0 Å². The molecule has 2 rings (SSSR count). The van der Waals surface area contributed by atoms with Gasteiger partial charge in [0.1, 0.15) is 5.75 Å². The molecule has 1 aliphatic heterocycles. The van der Waals surface area contributed by atoms with Gasteiger partial charge in [0.15, 0.2) is 0 Å². The zero-order chi connectivity index (χ0) is 13.5. The van der Waals surface area contributed by atoms with Crippen LogP contribution in [0.5, 0.6) is 5.75 Å². The number of benzene rings is 1. The summed E-state index contributed by atoms with van der Waals surface area (Å²) in [6.07, 6.45) is 10.9. The lowest BCUT2D eigenvalue weighted by Crippen LogP contribution is -2.04. The number of phenols is 1. The first-order valence-electron chi connectivity index (χ1n) is 7.05. The van der Waals surface area contributed by atoms with Gasteiger partial charge in [-0.2, -0.15) is 0 Å². The molecular formula is C17H22O2. The zero-order valence-corrected chi connectivity index (χ0v) is 11.5. The van der Waals surface area contributed by atoms with E-state index in [1.54, 1.807) is 6.07 Å². The Bertz CT molecular complexity index is 460. The fourth-order valence-corrected chi connectivity index (χ4v) is 2.37. The highest BCUT2D eigenvalue weighted by Gasteiger charge is 2.10. The number of rotatable bonds is 6. The maximum Gasteiger partial charge on any atom is 0.122 e. The largest absolute Gasteiger partial charge is 0.507 e. The van der Waals surface area contributed by atoms with Gasteiger partial charge in [0.25, 0.3) is 0 Å². The van der Waals surface area contributed by atoms with Gasteiger partial charge in [-0.05, 0) is 25.3 Å². The molecule has 0 aliphatic carbocycles. The third-order valence-electron chi connectivity index (χ3n) is 3.37. The van der Waals surface area contributed by atoms with Gasteiger partial charge in [-0.3, -0.25) is 0 Å². The highest BCUT2D eigenvalue weighted by atomic mass is 16.5. The van der Waals surface area contributed by atoms with Crippen LogP contribution >= 0.6 is 0 Å². The van der Waals surface area contributed by atoms with Crippen LogP contribution in [0.3, 0.4) is 0 Å². The van der Waals surface area contributed by atoms with Crippen molar-refractivity contribution in [3.8, 4) is 5.75 Å². The van der Waals surface area contributed by atoms with Crippen LogP contribution in [0.25, 0.3) is 6.08 Å². The Morgan fingerprint density at radius 1 is 1.37 bits per heavy atom. The van der Waals surface area contributed by atoms with Crippen molar-refractivity contribution in [2.75, 3.05) is 6.61 Å². The molecule has 1 aromatic rings. The summed E-state index contributed by atoms with van der Waals surface area (Å²) < 4.78 is 5.57. The van der Waals surface area contributed by atoms with E-state index in [0.29, 0.717) is 5.75 Å². The maximum atomic E-state index is 9.83. The smallest absolute Gasteiger partial charge is 0.122 e. The summed E-state index contributed by atoms with van der Waals surface area (Å²) in [6, 6.07) is 7.50. The zero-order valence-electron chi connectivity index (χ0n) is 11.5. The third-order valence-corrected chi connectivity index (χ3v) is 3.37. The van der Waals surface area contributed by atoms with Crippen LogP contribution in [-0.4, -0.2) is 17.8 Å². The molecule has 2 nitrogen and oxygen atoms in total. The van der Waals surface area contributed by atoms with Crippen LogP contribution in [0.15, 0.2) is 42.0 Å². The average molecular weight is 258 g/mol. The lowest BCUT2D eigenvalue weighted by Gasteiger charge is -2.11. The van der Waals surface area contributed by atoms with Gasteiger partial charge in [-0.1, -0.05) is 55.3 Å². The highest BCUT2D eigenvalue weighted by molar-refractivity contribution is 5.59. The van der Waals surface area contributed by atoms with Gasteiger partial charge in [0.05, 0.1) is 12.7 Å². The van der Waals surface area contributed by atoms with E-state index in [-0.39, 0.29) is 6.10 Å². The molecular weight excluding hydrogens is 236 g/mol. The van der Waals surface area contributed by atoms with Gasteiger partial charge < -0.3 is 9.84 Å². The topological polar surface area (TPSA) is 29.5 Å². The molecule has 1 N–H and O–H groups in total. The molecule has 0 spiro atoms. The van der Waals surface area contributed by atoms with Crippen molar-refractivity contribution in [3.63, 3.8) is 0 Å². The van der Waals surface area contributed by atoms with Gasteiger partial charge in [0.2, 0.25) is 0 Å². The number of allylic oxidation sites excluding steroid dienone is 1. The van der Waals surface area contributed by atoms with E-state index in [1.165, 1.54) is 5.57 Å². The van der Waals surface area contributed by atoms with Gasteiger partial charge in [-0.15, -0.1) is 0 Å². The molecule has 0 amide bonds. The molecule has 1 aliphatic rings. The summed E-state index contributed by atoms with van der Waals surface area (Å²) in [4.78, 5) is 0. The second kappa shape index (κ2) is 7.15. The number of hydrogen-bond acceptors (Lipinski definition) is 2. The second-order valence-electron chi connectivity index (χ2n) is 4.95. The molecule has 19 heavy (non-hydrogen) atoms. The Labute approximate surface area is 115 Å². The highest BCUT2D eigenvalue weighted by Crippen LogP contribution is 2.24. The summed E-state index contributed by atoms with van der Waals surface area (Å²) >= 11 is 0. The summed E-state index contributed by atoms with van der Waals surface area (Å²) in [7, 11) is 0. The predicted octanol–water partition coefficient (Wildman–Crippen LogP) is 4.31. The Kier molecular flexibility index (Phi) is 5.22. The van der Waals surface area contributed by atoms with Crippen molar-refractivity contribution >= 4 is 6.08 Å². The van der Waals surface area contributed by atoms with Crippen LogP contribution in [0, 0.1) is 0 Å². The van der Waals surface area contributed by atoms with E-state index in [0.717, 1.165) is 37.9 Å². The minimum Gasteiger partial charge on any atom is -0.507 e. The summed E-state index contributed by atoms with van der Waals surface area (Å²) in [5, 5.41) is 9.83. The molecule has 1 heterocycles. The first kappa shape index (κ1) is 13.9. The van der Waals surface area contributed by atoms with Crippen LogP contribution in [0.1, 0.15) is 38.2 Å². The first-order chi connectivity index (χ1) is 9.29. The monoisotopic (exact) mass is 258 g/mol. The maximum absolute atomic E-state index is 9.83. The van der Waals surface area contributed by atoms with Crippen LogP contribution in [0.4, 0.5) is 0 Å². The number of hydrogen-bond donors (Lipinski definition) is 1. The molecule has 102 valence electrons. The fourth-order valence-electron chi connectivity index (χ4n) is 2.37. The van der Waals surface area contributed by atoms with Crippen LogP contribution < -0.4 is 0 Å². The van der Waals surface area contributed by atoms with E-state index in [9.17, 15) is 5.11 Å². The lowest BCUT2D eigenvalue weighted by atomic mass is 10.00. The Morgan fingerprint density at radius 2 is 2.21 bits per heavy atom. The molecule has 0 saturated heterocycles. The first-order valence-corrected chi connectivity index (χ1v) is 7.05. The minimum absolute atomic E-state index is 0.268. The lowest BCUT2D eigenvalue weighted by molar-refractivity contribution is 0.121. The Hall–Kier alpha value is -1.54. The number of para-hydroxylation sites is 1. The summed E-state index contributed by atoms with van der Waals surface area (Å²) in [5.74, 6) is 0.355. The molecule has 1 atom stereocenters. The number of phenolic OH excluding ortho intramolecular Hbond substituents is 1. The van der Waals surface area contributed by atoms with Crippen molar-refractivity contribution in [1.29, 1.82) is 0 Å². The van der Waals surface area contributed by atoms with E-state index in [4.69, 9.17) is 4.74 Å². The number of ether oxygens (including phenoxy) is 1. The average Bonchev–Trinajstić information content (AvgIpc) is 2.92. The number of aromatic hydroxyl groups is 1. The van der Waals surface area contributed by atoms with Crippen molar-refractivity contribution in [2.24, 2.45) is 0 Å². The minimum atomic E-state index is 0.268. The van der Waals surface area contributed by atoms with Crippen molar-refractivity contribution in [1.82, 2.24) is 0 Å². The van der Waals surface area contributed by atoms with E-state index >= 15 is 0 Å². The van der Waals surface area contributed by atoms with Crippen molar-refractivity contribution < 1.29 is 9.84 Å². The van der Waals surface area contributed by atoms with Gasteiger partial charge >= 0.3 is 0 Å². The molecule has 0 saturated carbocycles.